The number of rotatable bonds is 4. The fourth-order valence-electron chi connectivity index (χ4n) is 3.33. The molecule has 0 saturated heterocycles. The van der Waals surface area contributed by atoms with Gasteiger partial charge in [-0.25, -0.2) is 9.48 Å². The van der Waals surface area contributed by atoms with Crippen molar-refractivity contribution in [3.05, 3.63) is 95.6 Å². The van der Waals surface area contributed by atoms with E-state index in [1.807, 2.05) is 61.5 Å². The molecule has 0 unspecified atom stereocenters. The van der Waals surface area contributed by atoms with Crippen LogP contribution in [0.25, 0.3) is 28.2 Å². The van der Waals surface area contributed by atoms with E-state index in [0.29, 0.717) is 22.5 Å². The van der Waals surface area contributed by atoms with Gasteiger partial charge in [-0.15, -0.1) is 0 Å². The molecule has 0 amide bonds. The van der Waals surface area contributed by atoms with Gasteiger partial charge in [0, 0.05) is 11.1 Å². The number of carboxylic acid groups (broad SMARTS) is 1. The van der Waals surface area contributed by atoms with E-state index in [1.165, 1.54) is 0 Å². The molecule has 0 atom stereocenters. The van der Waals surface area contributed by atoms with Gasteiger partial charge in [-0.05, 0) is 36.8 Å². The molecule has 0 spiro atoms. The van der Waals surface area contributed by atoms with Gasteiger partial charge in [-0.2, -0.15) is 10.4 Å². The van der Waals surface area contributed by atoms with Gasteiger partial charge >= 0.3 is 5.97 Å². The number of nitriles is 1. The molecule has 0 fully saturated rings. The van der Waals surface area contributed by atoms with Crippen molar-refractivity contribution >= 4 is 5.97 Å². The van der Waals surface area contributed by atoms with Crippen LogP contribution >= 0.6 is 0 Å². The Morgan fingerprint density at radius 1 is 0.966 bits per heavy atom. The molecule has 4 aromatic rings. The van der Waals surface area contributed by atoms with Crippen LogP contribution in [0, 0.1) is 18.3 Å². The van der Waals surface area contributed by atoms with E-state index < -0.39 is 5.97 Å². The van der Waals surface area contributed by atoms with Gasteiger partial charge in [-0.1, -0.05) is 54.6 Å². The molecule has 3 aromatic carbocycles. The number of hydrogen-bond acceptors (Lipinski definition) is 3. The van der Waals surface area contributed by atoms with Crippen LogP contribution in [0.1, 0.15) is 21.5 Å². The molecule has 0 aliphatic heterocycles. The first-order valence-electron chi connectivity index (χ1n) is 9.08. The van der Waals surface area contributed by atoms with Gasteiger partial charge in [0.1, 0.15) is 11.3 Å². The molecule has 140 valence electrons. The zero-order valence-corrected chi connectivity index (χ0v) is 15.7. The normalized spacial score (nSPS) is 10.5. The minimum Gasteiger partial charge on any atom is -0.478 e. The number of aryl methyl sites for hydroxylation is 1. The number of carboxylic acids is 1. The summed E-state index contributed by atoms with van der Waals surface area (Å²) in [5, 5.41) is 23.8. The van der Waals surface area contributed by atoms with Gasteiger partial charge in [0.05, 0.1) is 23.0 Å². The Labute approximate surface area is 168 Å². The minimum atomic E-state index is -1.05. The van der Waals surface area contributed by atoms with Crippen molar-refractivity contribution in [1.82, 2.24) is 9.78 Å². The van der Waals surface area contributed by atoms with E-state index in [2.05, 4.69) is 6.07 Å². The van der Waals surface area contributed by atoms with Gasteiger partial charge in [0.15, 0.2) is 0 Å². The standard InChI is InChI=1S/C24H17N3O2/c1-16-6-5-9-20(14-16)27-23(19-7-3-2-4-8-19)21(24(28)29)22(26-27)18-12-10-17(15-25)11-13-18/h2-14H,1H3,(H,28,29). The predicted molar refractivity (Wildman–Crippen MR) is 111 cm³/mol. The lowest BCUT2D eigenvalue weighted by Gasteiger charge is -2.09. The van der Waals surface area contributed by atoms with Crippen molar-refractivity contribution in [3.8, 4) is 34.3 Å². The number of carbonyl (C=O) groups is 1. The average Bonchev–Trinajstić information content (AvgIpc) is 3.15. The second-order valence-corrected chi connectivity index (χ2v) is 6.68. The third kappa shape index (κ3) is 3.40. The molecule has 29 heavy (non-hydrogen) atoms. The minimum absolute atomic E-state index is 0.127. The van der Waals surface area contributed by atoms with E-state index >= 15 is 0 Å². The molecule has 4 rings (SSSR count). The highest BCUT2D eigenvalue weighted by Gasteiger charge is 2.26. The fourth-order valence-corrected chi connectivity index (χ4v) is 3.33. The van der Waals surface area contributed by atoms with Gasteiger partial charge in [0.2, 0.25) is 0 Å². The first kappa shape index (κ1) is 18.2. The average molecular weight is 379 g/mol. The lowest BCUT2D eigenvalue weighted by Crippen LogP contribution is -2.03. The maximum absolute atomic E-state index is 12.3. The van der Waals surface area contributed by atoms with Crippen LogP contribution in [-0.4, -0.2) is 20.9 Å². The third-order valence-electron chi connectivity index (χ3n) is 4.68. The lowest BCUT2D eigenvalue weighted by atomic mass is 10.0. The quantitative estimate of drug-likeness (QED) is 0.536. The van der Waals surface area contributed by atoms with E-state index in [1.54, 1.807) is 28.9 Å². The maximum Gasteiger partial charge on any atom is 0.340 e. The van der Waals surface area contributed by atoms with Crippen molar-refractivity contribution in [3.63, 3.8) is 0 Å². The van der Waals surface area contributed by atoms with Gasteiger partial charge in [-0.3, -0.25) is 0 Å². The summed E-state index contributed by atoms with van der Waals surface area (Å²) in [6.45, 7) is 1.98. The zero-order valence-electron chi connectivity index (χ0n) is 15.7. The maximum atomic E-state index is 12.3. The Morgan fingerprint density at radius 3 is 2.31 bits per heavy atom. The first-order chi connectivity index (χ1) is 14.1. The van der Waals surface area contributed by atoms with Crippen LogP contribution in [0.15, 0.2) is 78.9 Å². The molecule has 0 bridgehead atoms. The topological polar surface area (TPSA) is 78.9 Å². The zero-order chi connectivity index (χ0) is 20.4. The molecular weight excluding hydrogens is 362 g/mol. The van der Waals surface area contributed by atoms with Crippen LogP contribution in [0.4, 0.5) is 0 Å². The fraction of sp³-hybridized carbons (Fsp3) is 0.0417. The molecule has 1 N–H and O–H groups in total. The number of aromatic nitrogens is 2. The van der Waals surface area contributed by atoms with Crippen molar-refractivity contribution in [1.29, 1.82) is 5.26 Å². The lowest BCUT2D eigenvalue weighted by molar-refractivity contribution is 0.0698. The number of nitrogens with zero attached hydrogens (tertiary/aromatic N) is 3. The summed E-state index contributed by atoms with van der Waals surface area (Å²) in [6.07, 6.45) is 0. The van der Waals surface area contributed by atoms with Crippen LogP contribution in [0.3, 0.4) is 0 Å². The van der Waals surface area contributed by atoms with E-state index in [-0.39, 0.29) is 5.56 Å². The number of benzene rings is 3. The highest BCUT2D eigenvalue weighted by Crippen LogP contribution is 2.34. The van der Waals surface area contributed by atoms with Crippen LogP contribution in [-0.2, 0) is 0 Å². The molecule has 1 heterocycles. The number of aromatic carboxylic acids is 1. The van der Waals surface area contributed by atoms with Crippen molar-refractivity contribution in [2.24, 2.45) is 0 Å². The Balaban J connectivity index is 2.04. The third-order valence-corrected chi connectivity index (χ3v) is 4.68. The van der Waals surface area contributed by atoms with Crippen LogP contribution in [0.2, 0.25) is 0 Å². The molecule has 0 saturated carbocycles. The summed E-state index contributed by atoms with van der Waals surface area (Å²) < 4.78 is 1.68. The molecule has 1 aromatic heterocycles. The summed E-state index contributed by atoms with van der Waals surface area (Å²) in [4.78, 5) is 12.3. The Kier molecular flexibility index (Phi) is 4.68. The van der Waals surface area contributed by atoms with Crippen LogP contribution in [0.5, 0.6) is 0 Å². The highest BCUT2D eigenvalue weighted by atomic mass is 16.4. The van der Waals surface area contributed by atoms with E-state index in [9.17, 15) is 9.90 Å². The predicted octanol–water partition coefficient (Wildman–Crippen LogP) is 5.08. The Hall–Kier alpha value is -4.17. The Bertz CT molecular complexity index is 1230. The second-order valence-electron chi connectivity index (χ2n) is 6.68. The summed E-state index contributed by atoms with van der Waals surface area (Å²) in [5.41, 5.74) is 4.75. The molecule has 0 aliphatic carbocycles. The SMILES string of the molecule is Cc1cccc(-n2nc(-c3ccc(C#N)cc3)c(C(=O)O)c2-c2ccccc2)c1. The van der Waals surface area contributed by atoms with Crippen molar-refractivity contribution in [2.45, 2.75) is 6.92 Å². The molecule has 0 aliphatic rings. The van der Waals surface area contributed by atoms with E-state index in [0.717, 1.165) is 16.8 Å². The summed E-state index contributed by atoms with van der Waals surface area (Å²) >= 11 is 0. The summed E-state index contributed by atoms with van der Waals surface area (Å²) in [6, 6.07) is 26.0. The van der Waals surface area contributed by atoms with Crippen LogP contribution < -0.4 is 0 Å². The highest BCUT2D eigenvalue weighted by molar-refractivity contribution is 6.02. The largest absolute Gasteiger partial charge is 0.478 e. The molecule has 0 radical (unpaired) electrons. The Morgan fingerprint density at radius 2 is 1.69 bits per heavy atom. The van der Waals surface area contributed by atoms with Crippen molar-refractivity contribution in [2.75, 3.05) is 0 Å². The number of hydrogen-bond donors (Lipinski definition) is 1. The van der Waals surface area contributed by atoms with Crippen molar-refractivity contribution < 1.29 is 9.90 Å². The smallest absolute Gasteiger partial charge is 0.340 e. The molecule has 5 nitrogen and oxygen atoms in total. The second kappa shape index (κ2) is 7.45. The molecular formula is C24H17N3O2. The summed E-state index contributed by atoms with van der Waals surface area (Å²) in [5.74, 6) is -1.05. The first-order valence-corrected chi connectivity index (χ1v) is 9.08. The van der Waals surface area contributed by atoms with E-state index in [4.69, 9.17) is 10.4 Å². The molecule has 5 heteroatoms. The summed E-state index contributed by atoms with van der Waals surface area (Å²) in [7, 11) is 0. The van der Waals surface area contributed by atoms with Gasteiger partial charge < -0.3 is 5.11 Å². The van der Waals surface area contributed by atoms with Gasteiger partial charge in [0.25, 0.3) is 0 Å². The monoisotopic (exact) mass is 379 g/mol.